The van der Waals surface area contributed by atoms with E-state index in [1.807, 2.05) is 77.4 Å². The number of carboxylic acids is 1. The number of hydrogen-bond donors (Lipinski definition) is 3. The first-order valence-corrected chi connectivity index (χ1v) is 23.3. The standard InChI is InChI=1S/C49H80N4O11/c1-31(2)38(28-41(56)45(32(3)4)51(8)43(57)24-18-13-12-17-22-37(54)30-50-62)48(59)52(9)46(33(5)6)42(63-10)29-44(58)53-25-19-23-39(53)47(64-11)34(7)40(55)27-36(49(60)61)26-35-20-15-14-16-21-35/h14-16,20-21,31-34,36,38-39,42,45-47,50,62H,12-13,17-19,22-30H2,1-11H3,(H,60,61)/t34-,36+,38-,39-,42+,45-,46?,47+/m0/s1. The number of carbonyl (C=O) groups is 7. The zero-order chi connectivity index (χ0) is 48.3. The predicted octanol–water partition coefficient (Wildman–Crippen LogP) is 6.02. The number of rotatable bonds is 31. The van der Waals surface area contributed by atoms with Gasteiger partial charge >= 0.3 is 5.97 Å². The number of carboxylic acid groups (broad SMARTS) is 1. The Morgan fingerprint density at radius 3 is 1.94 bits per heavy atom. The Morgan fingerprint density at radius 1 is 0.781 bits per heavy atom. The lowest BCUT2D eigenvalue weighted by Crippen LogP contribution is -2.54. The molecule has 0 saturated carbocycles. The Morgan fingerprint density at radius 2 is 1.41 bits per heavy atom. The lowest BCUT2D eigenvalue weighted by Gasteiger charge is -2.40. The van der Waals surface area contributed by atoms with Crippen LogP contribution in [0.15, 0.2) is 30.3 Å². The zero-order valence-corrected chi connectivity index (χ0v) is 40.5. The zero-order valence-electron chi connectivity index (χ0n) is 40.5. The smallest absolute Gasteiger partial charge is 0.307 e. The molecule has 1 aliphatic heterocycles. The average molecular weight is 901 g/mol. The van der Waals surface area contributed by atoms with Crippen molar-refractivity contribution >= 4 is 41.0 Å². The van der Waals surface area contributed by atoms with E-state index in [1.54, 1.807) is 30.8 Å². The molecule has 0 bridgehead atoms. The number of nitrogens with one attached hydrogen (secondary N) is 1. The molecule has 15 heteroatoms. The quantitative estimate of drug-likeness (QED) is 0.0579. The summed E-state index contributed by atoms with van der Waals surface area (Å²) in [6.45, 7) is 13.6. The van der Waals surface area contributed by atoms with Crippen LogP contribution in [0.25, 0.3) is 0 Å². The molecule has 1 unspecified atom stereocenters. The lowest BCUT2D eigenvalue weighted by atomic mass is 9.84. The van der Waals surface area contributed by atoms with Gasteiger partial charge in [-0.2, -0.15) is 5.48 Å². The van der Waals surface area contributed by atoms with E-state index in [0.29, 0.717) is 38.6 Å². The van der Waals surface area contributed by atoms with Gasteiger partial charge in [-0.3, -0.25) is 33.6 Å². The first-order chi connectivity index (χ1) is 30.2. The molecule has 1 aromatic rings. The van der Waals surface area contributed by atoms with Crippen molar-refractivity contribution < 1.29 is 53.3 Å². The average Bonchev–Trinajstić information content (AvgIpc) is 3.73. The van der Waals surface area contributed by atoms with Crippen LogP contribution in [-0.4, -0.2) is 138 Å². The fraction of sp³-hybridized carbons (Fsp3) is 0.735. The van der Waals surface area contributed by atoms with E-state index in [9.17, 15) is 38.7 Å². The summed E-state index contributed by atoms with van der Waals surface area (Å²) in [5, 5.41) is 18.7. The van der Waals surface area contributed by atoms with Crippen LogP contribution in [-0.2, 0) is 49.5 Å². The first kappa shape index (κ1) is 56.1. The van der Waals surface area contributed by atoms with Crippen LogP contribution in [0.3, 0.4) is 0 Å². The molecular weight excluding hydrogens is 821 g/mol. The van der Waals surface area contributed by atoms with Crippen LogP contribution in [0.1, 0.15) is 125 Å². The minimum Gasteiger partial charge on any atom is -0.481 e. The third-order valence-electron chi connectivity index (χ3n) is 13.1. The summed E-state index contributed by atoms with van der Waals surface area (Å²) in [6.07, 6.45) is 3.30. The fourth-order valence-corrected chi connectivity index (χ4v) is 9.50. The molecule has 1 aliphatic rings. The molecule has 0 spiro atoms. The number of hydrogen-bond acceptors (Lipinski definition) is 11. The maximum Gasteiger partial charge on any atom is 0.307 e. The summed E-state index contributed by atoms with van der Waals surface area (Å²) in [5.41, 5.74) is 2.70. The maximum absolute atomic E-state index is 14.5. The second kappa shape index (κ2) is 28.1. The van der Waals surface area contributed by atoms with E-state index >= 15 is 0 Å². The number of Topliss-reactive ketones (excluding diaryl/α,β-unsaturated/α-hetero) is 3. The van der Waals surface area contributed by atoms with Crippen molar-refractivity contribution in [2.75, 3.05) is 41.4 Å². The van der Waals surface area contributed by atoms with Gasteiger partial charge < -0.3 is 34.5 Å². The van der Waals surface area contributed by atoms with Gasteiger partial charge in [0, 0.05) is 72.4 Å². The van der Waals surface area contributed by atoms with Gasteiger partial charge in [-0.15, -0.1) is 0 Å². The molecule has 0 aromatic heterocycles. The number of unbranched alkanes of at least 4 members (excludes halogenated alkanes) is 3. The summed E-state index contributed by atoms with van der Waals surface area (Å²) in [5.74, 6) is -5.01. The monoisotopic (exact) mass is 901 g/mol. The molecule has 2 rings (SSSR count). The molecule has 1 aromatic carbocycles. The number of benzene rings is 1. The highest BCUT2D eigenvalue weighted by Crippen LogP contribution is 2.31. The van der Waals surface area contributed by atoms with Crippen molar-refractivity contribution in [2.45, 2.75) is 156 Å². The Bertz CT molecular complexity index is 1650. The number of nitrogens with zero attached hydrogens (tertiary/aromatic N) is 3. The number of ketones is 3. The van der Waals surface area contributed by atoms with Crippen molar-refractivity contribution in [3.8, 4) is 0 Å². The predicted molar refractivity (Wildman–Crippen MR) is 244 cm³/mol. The molecule has 0 radical (unpaired) electrons. The van der Waals surface area contributed by atoms with E-state index in [1.165, 1.54) is 19.1 Å². The normalized spacial score (nSPS) is 17.4. The molecule has 0 aliphatic carbocycles. The van der Waals surface area contributed by atoms with Crippen molar-refractivity contribution in [2.24, 2.45) is 35.5 Å². The summed E-state index contributed by atoms with van der Waals surface area (Å²) in [4.78, 5) is 98.5. The Labute approximate surface area is 382 Å². The van der Waals surface area contributed by atoms with Crippen LogP contribution in [0, 0.1) is 35.5 Å². The lowest BCUT2D eigenvalue weighted by molar-refractivity contribution is -0.149. The van der Waals surface area contributed by atoms with Gasteiger partial charge in [-0.25, -0.2) is 0 Å². The highest BCUT2D eigenvalue weighted by molar-refractivity contribution is 5.93. The van der Waals surface area contributed by atoms with E-state index in [4.69, 9.17) is 14.7 Å². The largest absolute Gasteiger partial charge is 0.481 e. The molecule has 362 valence electrons. The van der Waals surface area contributed by atoms with E-state index in [2.05, 4.69) is 0 Å². The Balaban J connectivity index is 2.17. The topological polar surface area (TPSA) is 200 Å². The third kappa shape index (κ3) is 16.7. The molecule has 64 heavy (non-hydrogen) atoms. The second-order valence-corrected chi connectivity index (χ2v) is 18.8. The summed E-state index contributed by atoms with van der Waals surface area (Å²) in [6, 6.07) is 7.52. The fourth-order valence-electron chi connectivity index (χ4n) is 9.50. The van der Waals surface area contributed by atoms with Crippen molar-refractivity contribution in [3.63, 3.8) is 0 Å². The minimum absolute atomic E-state index is 0.0443. The van der Waals surface area contributed by atoms with Crippen LogP contribution < -0.4 is 5.48 Å². The number of carbonyl (C=O) groups excluding carboxylic acids is 6. The number of amides is 3. The minimum atomic E-state index is -1.05. The van der Waals surface area contributed by atoms with E-state index in [-0.39, 0.29) is 91.5 Å². The first-order valence-electron chi connectivity index (χ1n) is 23.3. The molecule has 1 saturated heterocycles. The van der Waals surface area contributed by atoms with Crippen molar-refractivity contribution in [1.29, 1.82) is 0 Å². The number of hydroxylamine groups is 1. The van der Waals surface area contributed by atoms with Gasteiger partial charge in [0.2, 0.25) is 17.7 Å². The second-order valence-electron chi connectivity index (χ2n) is 18.8. The van der Waals surface area contributed by atoms with Gasteiger partial charge in [0.25, 0.3) is 0 Å². The number of aliphatic carboxylic acids is 1. The SMILES string of the molecule is CO[C@H]([C@@H](C)C(=O)C[C@@H](Cc1ccccc1)C(=O)O)[C@@H]1CCCN1C(=O)C[C@@H](OC)C(C(C)C)N(C)C(=O)[C@@H](CC(=O)[C@H](C(C)C)N(C)C(=O)CCCCCCC(=O)CNO)C(C)C. The van der Waals surface area contributed by atoms with Crippen LogP contribution >= 0.6 is 0 Å². The summed E-state index contributed by atoms with van der Waals surface area (Å²) in [7, 11) is 6.35. The number of likely N-dealkylation sites (N-methyl/N-ethyl adjacent to an activating group) is 2. The van der Waals surface area contributed by atoms with E-state index < -0.39 is 54.1 Å². The van der Waals surface area contributed by atoms with Crippen molar-refractivity contribution in [3.05, 3.63) is 35.9 Å². The van der Waals surface area contributed by atoms with Gasteiger partial charge in [-0.1, -0.05) is 91.6 Å². The number of ether oxygens (including phenoxy) is 2. The molecule has 1 fully saturated rings. The molecule has 15 nitrogen and oxygen atoms in total. The van der Waals surface area contributed by atoms with Crippen LogP contribution in [0.4, 0.5) is 0 Å². The van der Waals surface area contributed by atoms with E-state index in [0.717, 1.165) is 18.4 Å². The molecule has 3 N–H and O–H groups in total. The van der Waals surface area contributed by atoms with Crippen LogP contribution in [0.5, 0.6) is 0 Å². The highest BCUT2D eigenvalue weighted by Gasteiger charge is 2.43. The van der Waals surface area contributed by atoms with Gasteiger partial charge in [0.1, 0.15) is 11.6 Å². The summed E-state index contributed by atoms with van der Waals surface area (Å²) >= 11 is 0. The summed E-state index contributed by atoms with van der Waals surface area (Å²) < 4.78 is 11.9. The Hall–Kier alpha value is -4.05. The Kier molecular flexibility index (Phi) is 24.6. The maximum atomic E-state index is 14.5. The van der Waals surface area contributed by atoms with Gasteiger partial charge in [0.15, 0.2) is 5.78 Å². The highest BCUT2D eigenvalue weighted by atomic mass is 16.5. The molecular formula is C49H80N4O11. The van der Waals surface area contributed by atoms with Crippen LogP contribution in [0.2, 0.25) is 0 Å². The molecule has 3 amide bonds. The molecule has 8 atom stereocenters. The number of methoxy groups -OCH3 is 2. The molecule has 1 heterocycles. The van der Waals surface area contributed by atoms with Gasteiger partial charge in [-0.05, 0) is 55.4 Å². The number of likely N-dealkylation sites (tertiary alicyclic amines) is 1. The third-order valence-corrected chi connectivity index (χ3v) is 13.1. The van der Waals surface area contributed by atoms with Crippen molar-refractivity contribution in [1.82, 2.24) is 20.2 Å². The van der Waals surface area contributed by atoms with Gasteiger partial charge in [0.05, 0.1) is 49.2 Å².